The fourth-order valence-electron chi connectivity index (χ4n) is 2.01. The molecule has 0 saturated heterocycles. The smallest absolute Gasteiger partial charge is 0.0874 e. The normalized spacial score (nSPS) is 11.5. The van der Waals surface area contributed by atoms with E-state index in [1.807, 2.05) is 24.3 Å². The van der Waals surface area contributed by atoms with Crippen LogP contribution < -0.4 is 5.43 Å². The second-order valence-corrected chi connectivity index (χ2v) is 5.83. The van der Waals surface area contributed by atoms with Gasteiger partial charge in [-0.15, -0.1) is 5.11 Å². The molecule has 0 bridgehead atoms. The lowest BCUT2D eigenvalue weighted by molar-refractivity contribution is 0.866. The van der Waals surface area contributed by atoms with Crippen molar-refractivity contribution in [3.05, 3.63) is 59.7 Å². The van der Waals surface area contributed by atoms with Crippen LogP contribution in [-0.2, 0) is 0 Å². The average molecular weight is 281 g/mol. The van der Waals surface area contributed by atoms with Crippen LogP contribution >= 0.6 is 0 Å². The zero-order valence-electron chi connectivity index (χ0n) is 13.2. The van der Waals surface area contributed by atoms with E-state index in [9.17, 15) is 0 Å². The van der Waals surface area contributed by atoms with Gasteiger partial charge in [0.05, 0.1) is 11.4 Å². The summed E-state index contributed by atoms with van der Waals surface area (Å²) in [7, 11) is 0. The van der Waals surface area contributed by atoms with E-state index in [-0.39, 0.29) is 0 Å². The molecule has 0 aliphatic heterocycles. The molecule has 0 aliphatic carbocycles. The van der Waals surface area contributed by atoms with Gasteiger partial charge in [0, 0.05) is 0 Å². The van der Waals surface area contributed by atoms with Crippen LogP contribution in [0.25, 0.3) is 0 Å². The summed E-state index contributed by atoms with van der Waals surface area (Å²) >= 11 is 0. The van der Waals surface area contributed by atoms with E-state index < -0.39 is 0 Å². The molecule has 0 spiro atoms. The summed E-state index contributed by atoms with van der Waals surface area (Å²) in [5.74, 6) is 1.08. The molecule has 0 atom stereocenters. The van der Waals surface area contributed by atoms with Crippen molar-refractivity contribution >= 4 is 11.4 Å². The number of anilines is 1. The Hall–Kier alpha value is -2.16. The van der Waals surface area contributed by atoms with Gasteiger partial charge in [-0.1, -0.05) is 57.2 Å². The highest BCUT2D eigenvalue weighted by Crippen LogP contribution is 2.20. The number of hydrogen-bond acceptors (Lipinski definition) is 2. The van der Waals surface area contributed by atoms with Gasteiger partial charge in [-0.05, 0) is 47.2 Å². The molecule has 3 nitrogen and oxygen atoms in total. The third-order valence-corrected chi connectivity index (χ3v) is 3.48. The van der Waals surface area contributed by atoms with Crippen LogP contribution in [0.2, 0.25) is 0 Å². The second kappa shape index (κ2) is 7.02. The highest BCUT2D eigenvalue weighted by Gasteiger charge is 1.99. The number of benzene rings is 2. The van der Waals surface area contributed by atoms with Crippen LogP contribution in [0.3, 0.4) is 0 Å². The summed E-state index contributed by atoms with van der Waals surface area (Å²) in [5, 5.41) is 8.21. The summed E-state index contributed by atoms with van der Waals surface area (Å²) in [4.78, 5) is 0. The first kappa shape index (κ1) is 15.2. The SMILES string of the molecule is CC(C)c1ccc(/N=N/Nc2ccc(C(C)C)cc2)cc1. The van der Waals surface area contributed by atoms with E-state index in [0.717, 1.165) is 11.4 Å². The minimum absolute atomic E-state index is 0.536. The molecule has 0 radical (unpaired) electrons. The van der Waals surface area contributed by atoms with Gasteiger partial charge in [-0.2, -0.15) is 0 Å². The lowest BCUT2D eigenvalue weighted by Gasteiger charge is -2.06. The van der Waals surface area contributed by atoms with Crippen molar-refractivity contribution in [1.82, 2.24) is 0 Å². The Bertz CT molecular complexity index is 581. The second-order valence-electron chi connectivity index (χ2n) is 5.83. The van der Waals surface area contributed by atoms with Crippen molar-refractivity contribution < 1.29 is 0 Å². The van der Waals surface area contributed by atoms with E-state index in [1.165, 1.54) is 11.1 Å². The summed E-state index contributed by atoms with van der Waals surface area (Å²) in [6.07, 6.45) is 0. The molecule has 2 aromatic rings. The zero-order valence-corrected chi connectivity index (χ0v) is 13.2. The first-order valence-electron chi connectivity index (χ1n) is 7.43. The first-order valence-corrected chi connectivity index (χ1v) is 7.43. The molecule has 0 aromatic heterocycles. The average Bonchev–Trinajstić information content (AvgIpc) is 2.48. The third kappa shape index (κ3) is 4.42. The van der Waals surface area contributed by atoms with Crippen molar-refractivity contribution in [2.24, 2.45) is 10.3 Å². The quantitative estimate of drug-likeness (QED) is 0.526. The van der Waals surface area contributed by atoms with E-state index in [1.54, 1.807) is 0 Å². The van der Waals surface area contributed by atoms with E-state index in [2.05, 4.69) is 67.7 Å². The van der Waals surface area contributed by atoms with Gasteiger partial charge in [-0.25, -0.2) is 0 Å². The summed E-state index contributed by atoms with van der Waals surface area (Å²) in [6, 6.07) is 16.4. The van der Waals surface area contributed by atoms with Crippen LogP contribution in [0.15, 0.2) is 58.9 Å². The largest absolute Gasteiger partial charge is 0.260 e. The molecule has 110 valence electrons. The number of nitrogens with one attached hydrogen (secondary N) is 1. The van der Waals surface area contributed by atoms with Crippen LogP contribution in [0.4, 0.5) is 11.4 Å². The van der Waals surface area contributed by atoms with Gasteiger partial charge >= 0.3 is 0 Å². The maximum atomic E-state index is 4.17. The molecule has 0 amide bonds. The molecular weight excluding hydrogens is 258 g/mol. The molecule has 1 N–H and O–H groups in total. The Morgan fingerprint density at radius 2 is 1.19 bits per heavy atom. The van der Waals surface area contributed by atoms with Gasteiger partial charge in [0.25, 0.3) is 0 Å². The van der Waals surface area contributed by atoms with E-state index in [0.29, 0.717) is 11.8 Å². The van der Waals surface area contributed by atoms with Gasteiger partial charge in [0.1, 0.15) is 0 Å². The van der Waals surface area contributed by atoms with Crippen molar-refractivity contribution in [3.8, 4) is 0 Å². The molecule has 0 fully saturated rings. The summed E-state index contributed by atoms with van der Waals surface area (Å²) < 4.78 is 0. The lowest BCUT2D eigenvalue weighted by atomic mass is 10.0. The Morgan fingerprint density at radius 1 is 0.714 bits per heavy atom. The monoisotopic (exact) mass is 281 g/mol. The van der Waals surface area contributed by atoms with Crippen LogP contribution in [0.1, 0.15) is 50.7 Å². The molecule has 3 heteroatoms. The molecule has 0 unspecified atom stereocenters. The van der Waals surface area contributed by atoms with Crippen molar-refractivity contribution in [2.45, 2.75) is 39.5 Å². The number of hydrogen-bond donors (Lipinski definition) is 1. The minimum Gasteiger partial charge on any atom is -0.260 e. The molecule has 21 heavy (non-hydrogen) atoms. The fraction of sp³-hybridized carbons (Fsp3) is 0.333. The van der Waals surface area contributed by atoms with Crippen LogP contribution in [0.5, 0.6) is 0 Å². The van der Waals surface area contributed by atoms with Gasteiger partial charge in [0.2, 0.25) is 0 Å². The molecule has 0 heterocycles. The van der Waals surface area contributed by atoms with Gasteiger partial charge in [-0.3, -0.25) is 5.43 Å². The molecular formula is C18H23N3. The minimum atomic E-state index is 0.536. The van der Waals surface area contributed by atoms with Crippen LogP contribution in [-0.4, -0.2) is 0 Å². The standard InChI is InChI=1S/C18H23N3/c1-13(2)15-5-9-17(10-6-15)19-21-20-18-11-7-16(8-12-18)14(3)4/h5-14H,1-4H3,(H,19,20). The maximum Gasteiger partial charge on any atom is 0.0874 e. The molecule has 0 aliphatic rings. The third-order valence-electron chi connectivity index (χ3n) is 3.48. The molecule has 2 rings (SSSR count). The zero-order chi connectivity index (χ0) is 15.2. The van der Waals surface area contributed by atoms with E-state index >= 15 is 0 Å². The lowest BCUT2D eigenvalue weighted by Crippen LogP contribution is -1.90. The Morgan fingerprint density at radius 3 is 1.67 bits per heavy atom. The fourth-order valence-corrected chi connectivity index (χ4v) is 2.01. The highest BCUT2D eigenvalue weighted by atomic mass is 15.4. The van der Waals surface area contributed by atoms with E-state index in [4.69, 9.17) is 0 Å². The number of nitrogens with zero attached hydrogens (tertiary/aromatic N) is 2. The maximum absolute atomic E-state index is 4.17. The van der Waals surface area contributed by atoms with Crippen molar-refractivity contribution in [3.63, 3.8) is 0 Å². The molecule has 0 saturated carbocycles. The Kier molecular flexibility index (Phi) is 5.09. The topological polar surface area (TPSA) is 36.8 Å². The summed E-state index contributed by atoms with van der Waals surface area (Å²) in [5.41, 5.74) is 7.39. The molecule has 2 aromatic carbocycles. The predicted octanol–water partition coefficient (Wildman–Crippen LogP) is 6.04. The van der Waals surface area contributed by atoms with Gasteiger partial charge in [0.15, 0.2) is 0 Å². The van der Waals surface area contributed by atoms with Crippen molar-refractivity contribution in [1.29, 1.82) is 0 Å². The summed E-state index contributed by atoms with van der Waals surface area (Å²) in [6.45, 7) is 8.73. The Balaban J connectivity index is 1.95. The Labute approximate surface area is 127 Å². The van der Waals surface area contributed by atoms with Crippen LogP contribution in [0, 0.1) is 0 Å². The van der Waals surface area contributed by atoms with Gasteiger partial charge < -0.3 is 0 Å². The predicted molar refractivity (Wildman–Crippen MR) is 89.2 cm³/mol. The first-order chi connectivity index (χ1) is 10.1. The number of rotatable bonds is 5. The van der Waals surface area contributed by atoms with Crippen molar-refractivity contribution in [2.75, 3.05) is 5.43 Å². The highest BCUT2D eigenvalue weighted by molar-refractivity contribution is 5.44.